The number of nitrogens with one attached hydrogen (secondary N) is 1. The Balaban J connectivity index is 1.30. The number of thiazole rings is 1. The van der Waals surface area contributed by atoms with Crippen LogP contribution in [0, 0.1) is 0 Å². The first-order valence-electron chi connectivity index (χ1n) is 11.9. The monoisotopic (exact) mass is 547 g/mol. The predicted octanol–water partition coefficient (Wildman–Crippen LogP) is 4.96. The van der Waals surface area contributed by atoms with Crippen molar-refractivity contribution in [3.05, 3.63) is 106 Å². The SMILES string of the molecule is N[C@H](C(=O)NCc1cccc(-n2cc(C(F)(F)F)cc2C2=NCC=C(c3cccc4ncsc34)O2)c1)C1=C=C1. The van der Waals surface area contributed by atoms with Gasteiger partial charge in [0.1, 0.15) is 17.5 Å². The lowest BCUT2D eigenvalue weighted by molar-refractivity contribution is -0.137. The van der Waals surface area contributed by atoms with Crippen LogP contribution in [0.4, 0.5) is 13.2 Å². The number of aliphatic imine (C=N–C) groups is 1. The second kappa shape index (κ2) is 9.70. The van der Waals surface area contributed by atoms with Gasteiger partial charge in [0.25, 0.3) is 0 Å². The van der Waals surface area contributed by atoms with Crippen LogP contribution < -0.4 is 11.1 Å². The highest BCUT2D eigenvalue weighted by atomic mass is 32.1. The van der Waals surface area contributed by atoms with E-state index in [1.165, 1.54) is 15.9 Å². The molecule has 2 aromatic carbocycles. The minimum atomic E-state index is -4.57. The Bertz CT molecular complexity index is 1740. The van der Waals surface area contributed by atoms with E-state index >= 15 is 0 Å². The molecule has 1 aliphatic carbocycles. The smallest absolute Gasteiger partial charge is 0.417 e. The summed E-state index contributed by atoms with van der Waals surface area (Å²) < 4.78 is 49.8. The maximum atomic E-state index is 13.8. The Morgan fingerprint density at radius 2 is 2.05 bits per heavy atom. The van der Waals surface area contributed by atoms with Crippen molar-refractivity contribution in [3.8, 4) is 5.69 Å². The summed E-state index contributed by atoms with van der Waals surface area (Å²) in [6, 6.07) is 12.7. The first kappa shape index (κ1) is 24.9. The Hall–Kier alpha value is -4.44. The average molecular weight is 548 g/mol. The molecule has 0 fully saturated rings. The summed E-state index contributed by atoms with van der Waals surface area (Å²) in [5.41, 5.74) is 13.1. The lowest BCUT2D eigenvalue weighted by atomic mass is 10.1. The van der Waals surface area contributed by atoms with Crippen LogP contribution in [0.1, 0.15) is 22.4 Å². The molecule has 1 atom stereocenters. The molecule has 6 rings (SSSR count). The second-order valence-corrected chi connectivity index (χ2v) is 9.77. The van der Waals surface area contributed by atoms with E-state index in [1.54, 1.807) is 41.9 Å². The molecule has 196 valence electrons. The summed E-state index contributed by atoms with van der Waals surface area (Å²) in [5.74, 6) is 0.210. The maximum Gasteiger partial charge on any atom is 0.417 e. The molecule has 4 aromatic rings. The molecular formula is C28H20F3N5O2S. The molecule has 1 amide bonds. The van der Waals surface area contributed by atoms with E-state index in [2.05, 4.69) is 21.0 Å². The number of benzene rings is 2. The summed E-state index contributed by atoms with van der Waals surface area (Å²) in [5, 5.41) is 2.75. The van der Waals surface area contributed by atoms with Gasteiger partial charge in [-0.05, 0) is 48.0 Å². The highest BCUT2D eigenvalue weighted by Crippen LogP contribution is 2.35. The van der Waals surface area contributed by atoms with Crippen molar-refractivity contribution >= 4 is 39.1 Å². The van der Waals surface area contributed by atoms with Crippen LogP contribution in [0.25, 0.3) is 21.7 Å². The van der Waals surface area contributed by atoms with Gasteiger partial charge < -0.3 is 20.4 Å². The van der Waals surface area contributed by atoms with Crippen molar-refractivity contribution in [2.75, 3.05) is 6.54 Å². The Morgan fingerprint density at radius 3 is 2.85 bits per heavy atom. The van der Waals surface area contributed by atoms with Gasteiger partial charge >= 0.3 is 6.18 Å². The van der Waals surface area contributed by atoms with E-state index in [9.17, 15) is 18.0 Å². The standard InChI is InChI=1S/C28H20F3N5O2S/c29-28(30,31)18-12-22(27-33-10-9-23(38-27)20-5-2-6-21-25(20)39-15-35-21)36(14-18)19-4-1-3-16(11-19)13-34-26(37)24(32)17-7-8-17/h1-7,9,11-12,14-15,24H,10,13,32H2,(H,34,37)/t24-/m0/s1. The van der Waals surface area contributed by atoms with Gasteiger partial charge in [-0.25, -0.2) is 9.98 Å². The lowest BCUT2D eigenvalue weighted by Gasteiger charge is -2.18. The van der Waals surface area contributed by atoms with Gasteiger partial charge in [-0.2, -0.15) is 13.2 Å². The largest absolute Gasteiger partial charge is 0.437 e. The van der Waals surface area contributed by atoms with Gasteiger partial charge in [0.05, 0.1) is 27.8 Å². The molecular weight excluding hydrogens is 527 g/mol. The number of alkyl halides is 3. The van der Waals surface area contributed by atoms with E-state index in [0.29, 0.717) is 22.6 Å². The molecule has 11 heteroatoms. The fourth-order valence-corrected chi connectivity index (χ4v) is 5.05. The first-order chi connectivity index (χ1) is 18.8. The number of nitrogens with zero attached hydrogens (tertiary/aromatic N) is 3. The molecule has 0 bridgehead atoms. The van der Waals surface area contributed by atoms with Crippen molar-refractivity contribution in [1.82, 2.24) is 14.9 Å². The quantitative estimate of drug-likeness (QED) is 0.320. The van der Waals surface area contributed by atoms with Gasteiger partial charge in [-0.15, -0.1) is 17.1 Å². The minimum Gasteiger partial charge on any atom is -0.437 e. The molecule has 0 radical (unpaired) electrons. The number of rotatable bonds is 7. The van der Waals surface area contributed by atoms with E-state index < -0.39 is 17.8 Å². The fraction of sp³-hybridized carbons (Fsp3) is 0.143. The Morgan fingerprint density at radius 1 is 1.23 bits per heavy atom. The van der Waals surface area contributed by atoms with Crippen LogP contribution in [0.2, 0.25) is 0 Å². The van der Waals surface area contributed by atoms with Crippen LogP contribution in [-0.2, 0) is 22.3 Å². The van der Waals surface area contributed by atoms with Crippen LogP contribution >= 0.6 is 11.3 Å². The zero-order chi connectivity index (χ0) is 27.1. The van der Waals surface area contributed by atoms with E-state index in [0.717, 1.165) is 28.0 Å². The number of carbonyl (C=O) groups is 1. The molecule has 0 spiro atoms. The van der Waals surface area contributed by atoms with E-state index in [4.69, 9.17) is 10.5 Å². The topological polar surface area (TPSA) is 94.5 Å². The van der Waals surface area contributed by atoms with Gasteiger partial charge in [-0.3, -0.25) is 4.79 Å². The third kappa shape index (κ3) is 5.03. The molecule has 2 aromatic heterocycles. The summed E-state index contributed by atoms with van der Waals surface area (Å²) in [7, 11) is 0. The number of carbonyl (C=O) groups excluding carboxylic acids is 1. The fourth-order valence-electron chi connectivity index (χ4n) is 4.24. The normalized spacial score (nSPS) is 15.3. The zero-order valence-corrected chi connectivity index (χ0v) is 21.0. The van der Waals surface area contributed by atoms with Crippen LogP contribution in [-0.4, -0.2) is 33.9 Å². The second-order valence-electron chi connectivity index (χ2n) is 8.91. The molecule has 39 heavy (non-hydrogen) atoms. The van der Waals surface area contributed by atoms with Gasteiger partial charge in [0, 0.05) is 29.6 Å². The van der Waals surface area contributed by atoms with Gasteiger partial charge in [0.2, 0.25) is 11.8 Å². The molecule has 0 saturated carbocycles. The number of hydrogen-bond acceptors (Lipinski definition) is 6. The summed E-state index contributed by atoms with van der Waals surface area (Å²) >= 11 is 1.46. The van der Waals surface area contributed by atoms with Gasteiger partial charge in [0.15, 0.2) is 0 Å². The number of halogens is 3. The van der Waals surface area contributed by atoms with Crippen molar-refractivity contribution in [2.45, 2.75) is 18.8 Å². The first-order valence-corrected chi connectivity index (χ1v) is 12.8. The number of ether oxygens (including phenoxy) is 1. The third-order valence-electron chi connectivity index (χ3n) is 6.29. The predicted molar refractivity (Wildman–Crippen MR) is 142 cm³/mol. The van der Waals surface area contributed by atoms with Crippen molar-refractivity contribution < 1.29 is 22.7 Å². The molecule has 3 heterocycles. The van der Waals surface area contributed by atoms with Crippen LogP contribution in [0.3, 0.4) is 0 Å². The number of fused-ring (bicyclic) bond motifs is 1. The van der Waals surface area contributed by atoms with Crippen molar-refractivity contribution in [1.29, 1.82) is 0 Å². The molecule has 0 saturated heterocycles. The molecule has 3 N–H and O–H groups in total. The summed E-state index contributed by atoms with van der Waals surface area (Å²) in [4.78, 5) is 21.0. The molecule has 7 nitrogen and oxygen atoms in total. The third-order valence-corrected chi connectivity index (χ3v) is 7.17. The minimum absolute atomic E-state index is 0.0689. The molecule has 1 aliphatic heterocycles. The number of aromatic nitrogens is 2. The summed E-state index contributed by atoms with van der Waals surface area (Å²) in [6.45, 7) is 0.392. The van der Waals surface area contributed by atoms with Crippen LogP contribution in [0.5, 0.6) is 0 Å². The Labute approximate surface area is 224 Å². The van der Waals surface area contributed by atoms with Gasteiger partial charge in [-0.1, -0.05) is 18.2 Å². The zero-order valence-electron chi connectivity index (χ0n) is 20.2. The van der Waals surface area contributed by atoms with E-state index in [-0.39, 0.29) is 30.6 Å². The highest BCUT2D eigenvalue weighted by Gasteiger charge is 2.34. The molecule has 0 unspecified atom stereocenters. The maximum absolute atomic E-state index is 13.8. The highest BCUT2D eigenvalue weighted by molar-refractivity contribution is 7.17. The number of amides is 1. The van der Waals surface area contributed by atoms with E-state index in [1.807, 2.05) is 18.2 Å². The number of nitrogens with two attached hydrogens (primary N) is 1. The Kier molecular flexibility index (Phi) is 6.19. The van der Waals surface area contributed by atoms with Crippen LogP contribution in [0.15, 0.2) is 88.7 Å². The van der Waals surface area contributed by atoms with Crippen molar-refractivity contribution in [3.63, 3.8) is 0 Å². The van der Waals surface area contributed by atoms with Crippen molar-refractivity contribution in [2.24, 2.45) is 10.7 Å². The summed E-state index contributed by atoms with van der Waals surface area (Å²) in [6.07, 6.45) is -0.125. The average Bonchev–Trinajstić information content (AvgIpc) is 3.48. The lowest BCUT2D eigenvalue weighted by Crippen LogP contribution is -2.40. The molecule has 2 aliphatic rings. The number of hydrogen-bond donors (Lipinski definition) is 2.